The molecule has 0 radical (unpaired) electrons. The molecule has 0 aliphatic heterocycles. The van der Waals surface area contributed by atoms with Crippen LogP contribution in [0.3, 0.4) is 0 Å². The van der Waals surface area contributed by atoms with Gasteiger partial charge in [0, 0.05) is 31.9 Å². The predicted molar refractivity (Wildman–Crippen MR) is 134 cm³/mol. The van der Waals surface area contributed by atoms with E-state index in [9.17, 15) is 4.79 Å². The van der Waals surface area contributed by atoms with Crippen LogP contribution in [0.25, 0.3) is 0 Å². The molecule has 170 valence electrons. The Labute approximate surface area is 199 Å². The molecule has 4 aromatic rings. The third kappa shape index (κ3) is 5.79. The van der Waals surface area contributed by atoms with Gasteiger partial charge in [0.05, 0.1) is 0 Å². The molecule has 0 spiro atoms. The quantitative estimate of drug-likeness (QED) is 0.307. The van der Waals surface area contributed by atoms with Crippen LogP contribution >= 0.6 is 11.3 Å². The van der Waals surface area contributed by atoms with E-state index >= 15 is 0 Å². The molecule has 0 bridgehead atoms. The number of benzene rings is 1. The van der Waals surface area contributed by atoms with E-state index < -0.39 is 0 Å². The van der Waals surface area contributed by atoms with Gasteiger partial charge in [-0.3, -0.25) is 9.78 Å². The third-order valence-corrected chi connectivity index (χ3v) is 6.52. The Balaban J connectivity index is 1.55. The van der Waals surface area contributed by atoms with E-state index in [1.165, 1.54) is 16.7 Å². The van der Waals surface area contributed by atoms with Gasteiger partial charge in [-0.1, -0.05) is 45.0 Å². The molecule has 1 aromatic carbocycles. The van der Waals surface area contributed by atoms with Crippen molar-refractivity contribution in [1.82, 2.24) is 9.88 Å². The molecule has 0 atom stereocenters. The van der Waals surface area contributed by atoms with Crippen molar-refractivity contribution >= 4 is 17.2 Å². The standard InChI is InChI=1S/C28H30N2O2S/c1-20-7-8-24(28(2,3)4)14-23(20)15-25-9-10-26(32-25)27(31)30(18-22-11-13-33-19-22)17-21-6-5-12-29-16-21/h5-14,16,19H,15,17-18H2,1-4H3. The fraction of sp³-hybridized carbons (Fsp3) is 0.286. The van der Waals surface area contributed by atoms with Crippen LogP contribution < -0.4 is 0 Å². The molecule has 4 nitrogen and oxygen atoms in total. The van der Waals surface area contributed by atoms with Crippen molar-refractivity contribution in [1.29, 1.82) is 0 Å². The molecule has 1 amide bonds. The van der Waals surface area contributed by atoms with E-state index in [0.717, 1.165) is 16.9 Å². The Kier molecular flexibility index (Phi) is 6.80. The summed E-state index contributed by atoms with van der Waals surface area (Å²) in [5, 5.41) is 4.10. The first-order chi connectivity index (χ1) is 15.8. The second kappa shape index (κ2) is 9.75. The molecule has 0 saturated carbocycles. The van der Waals surface area contributed by atoms with Crippen LogP contribution in [0.15, 0.2) is 76.1 Å². The fourth-order valence-corrected chi connectivity index (χ4v) is 4.43. The smallest absolute Gasteiger partial charge is 0.290 e. The van der Waals surface area contributed by atoms with Crippen molar-refractivity contribution in [2.45, 2.75) is 52.6 Å². The van der Waals surface area contributed by atoms with E-state index in [2.05, 4.69) is 56.3 Å². The van der Waals surface area contributed by atoms with Gasteiger partial charge in [0.15, 0.2) is 5.76 Å². The Morgan fingerprint density at radius 3 is 2.58 bits per heavy atom. The summed E-state index contributed by atoms with van der Waals surface area (Å²) < 4.78 is 6.06. The Bertz CT molecular complexity index is 1200. The van der Waals surface area contributed by atoms with Gasteiger partial charge in [-0.15, -0.1) is 0 Å². The van der Waals surface area contributed by atoms with Gasteiger partial charge in [-0.25, -0.2) is 0 Å². The number of rotatable bonds is 7. The highest BCUT2D eigenvalue weighted by atomic mass is 32.1. The normalized spacial score (nSPS) is 11.5. The van der Waals surface area contributed by atoms with Crippen LogP contribution in [0.5, 0.6) is 0 Å². The predicted octanol–water partition coefficient (Wildman–Crippen LogP) is 6.78. The lowest BCUT2D eigenvalue weighted by Crippen LogP contribution is -2.29. The maximum Gasteiger partial charge on any atom is 0.290 e. The number of carbonyl (C=O) groups is 1. The topological polar surface area (TPSA) is 46.3 Å². The van der Waals surface area contributed by atoms with Gasteiger partial charge in [-0.2, -0.15) is 11.3 Å². The molecule has 33 heavy (non-hydrogen) atoms. The Morgan fingerprint density at radius 2 is 1.88 bits per heavy atom. The number of furan rings is 1. The number of amides is 1. The summed E-state index contributed by atoms with van der Waals surface area (Å²) in [5.74, 6) is 1.05. The van der Waals surface area contributed by atoms with Crippen LogP contribution in [-0.2, 0) is 24.9 Å². The summed E-state index contributed by atoms with van der Waals surface area (Å²) in [7, 11) is 0. The average Bonchev–Trinajstić information content (AvgIpc) is 3.46. The van der Waals surface area contributed by atoms with E-state index in [1.807, 2.05) is 34.5 Å². The van der Waals surface area contributed by atoms with Crippen LogP contribution in [0.2, 0.25) is 0 Å². The van der Waals surface area contributed by atoms with Crippen LogP contribution in [0.4, 0.5) is 0 Å². The van der Waals surface area contributed by atoms with Crippen molar-refractivity contribution in [3.8, 4) is 0 Å². The molecule has 0 aliphatic carbocycles. The molecule has 0 unspecified atom stereocenters. The molecule has 0 aliphatic rings. The van der Waals surface area contributed by atoms with Gasteiger partial charge in [0.2, 0.25) is 0 Å². The largest absolute Gasteiger partial charge is 0.456 e. The molecular weight excluding hydrogens is 428 g/mol. The Hall–Kier alpha value is -3.18. The molecular formula is C28H30N2O2S. The van der Waals surface area contributed by atoms with Gasteiger partial charge >= 0.3 is 0 Å². The van der Waals surface area contributed by atoms with Crippen molar-refractivity contribution in [3.63, 3.8) is 0 Å². The molecule has 0 saturated heterocycles. The van der Waals surface area contributed by atoms with E-state index in [4.69, 9.17) is 4.42 Å². The maximum absolute atomic E-state index is 13.4. The maximum atomic E-state index is 13.4. The van der Waals surface area contributed by atoms with Crippen LogP contribution in [0, 0.1) is 6.92 Å². The number of pyridine rings is 1. The molecule has 3 heterocycles. The zero-order valence-electron chi connectivity index (χ0n) is 19.7. The molecule has 0 fully saturated rings. The molecule has 4 rings (SSSR count). The molecule has 0 N–H and O–H groups in total. The Morgan fingerprint density at radius 1 is 1.06 bits per heavy atom. The van der Waals surface area contributed by atoms with E-state index in [0.29, 0.717) is 25.3 Å². The van der Waals surface area contributed by atoms with Gasteiger partial charge < -0.3 is 9.32 Å². The van der Waals surface area contributed by atoms with Gasteiger partial charge in [-0.05, 0) is 75.2 Å². The second-order valence-electron chi connectivity index (χ2n) is 9.49. The van der Waals surface area contributed by atoms with Gasteiger partial charge in [0.1, 0.15) is 5.76 Å². The first kappa shape index (κ1) is 23.0. The number of thiophene rings is 1. The zero-order chi connectivity index (χ0) is 23.4. The first-order valence-corrected chi connectivity index (χ1v) is 12.1. The summed E-state index contributed by atoms with van der Waals surface area (Å²) in [6, 6.07) is 16.3. The summed E-state index contributed by atoms with van der Waals surface area (Å²) >= 11 is 1.63. The summed E-state index contributed by atoms with van der Waals surface area (Å²) in [5.41, 5.74) is 5.93. The molecule has 3 aromatic heterocycles. The highest BCUT2D eigenvalue weighted by Gasteiger charge is 2.21. The number of aryl methyl sites for hydroxylation is 1. The van der Waals surface area contributed by atoms with E-state index in [1.54, 1.807) is 29.8 Å². The number of hydrogen-bond donors (Lipinski definition) is 0. The number of nitrogens with zero attached hydrogens (tertiary/aromatic N) is 2. The number of aromatic nitrogens is 1. The summed E-state index contributed by atoms with van der Waals surface area (Å²) in [4.78, 5) is 19.4. The van der Waals surface area contributed by atoms with Crippen molar-refractivity contribution in [3.05, 3.63) is 111 Å². The van der Waals surface area contributed by atoms with Gasteiger partial charge in [0.25, 0.3) is 5.91 Å². The fourth-order valence-electron chi connectivity index (χ4n) is 3.77. The van der Waals surface area contributed by atoms with Crippen LogP contribution in [0.1, 0.15) is 64.9 Å². The highest BCUT2D eigenvalue weighted by molar-refractivity contribution is 7.07. The van der Waals surface area contributed by atoms with E-state index in [-0.39, 0.29) is 11.3 Å². The number of hydrogen-bond acceptors (Lipinski definition) is 4. The molecule has 5 heteroatoms. The minimum Gasteiger partial charge on any atom is -0.456 e. The highest BCUT2D eigenvalue weighted by Crippen LogP contribution is 2.26. The SMILES string of the molecule is Cc1ccc(C(C)(C)C)cc1Cc1ccc(C(=O)N(Cc2cccnc2)Cc2ccsc2)o1. The van der Waals surface area contributed by atoms with Crippen LogP contribution in [-0.4, -0.2) is 15.8 Å². The monoisotopic (exact) mass is 458 g/mol. The zero-order valence-corrected chi connectivity index (χ0v) is 20.5. The summed E-state index contributed by atoms with van der Waals surface area (Å²) in [6.45, 7) is 9.78. The first-order valence-electron chi connectivity index (χ1n) is 11.2. The lowest BCUT2D eigenvalue weighted by molar-refractivity contribution is 0.0696. The second-order valence-corrected chi connectivity index (χ2v) is 10.3. The third-order valence-electron chi connectivity index (χ3n) is 5.79. The summed E-state index contributed by atoms with van der Waals surface area (Å²) in [6.07, 6.45) is 4.20. The van der Waals surface area contributed by atoms with Crippen molar-refractivity contribution in [2.24, 2.45) is 0 Å². The lowest BCUT2D eigenvalue weighted by atomic mass is 9.85. The lowest BCUT2D eigenvalue weighted by Gasteiger charge is -2.21. The number of carbonyl (C=O) groups excluding carboxylic acids is 1. The van der Waals surface area contributed by atoms with Crippen molar-refractivity contribution in [2.75, 3.05) is 0 Å². The minimum absolute atomic E-state index is 0.0845. The van der Waals surface area contributed by atoms with Crippen molar-refractivity contribution < 1.29 is 9.21 Å². The average molecular weight is 459 g/mol. The minimum atomic E-state index is -0.114.